The van der Waals surface area contributed by atoms with Gasteiger partial charge in [-0.25, -0.2) is 0 Å². The van der Waals surface area contributed by atoms with Gasteiger partial charge in [-0.2, -0.15) is 12.6 Å². The van der Waals surface area contributed by atoms with Crippen LogP contribution in [0.4, 0.5) is 0 Å². The molecule has 0 aromatic heterocycles. The summed E-state index contributed by atoms with van der Waals surface area (Å²) in [4.78, 5) is 0. The molecule has 1 saturated heterocycles. The lowest BCUT2D eigenvalue weighted by Gasteiger charge is -2.43. The van der Waals surface area contributed by atoms with Gasteiger partial charge in [-0.15, -0.1) is 0 Å². The molecule has 16 heavy (non-hydrogen) atoms. The predicted octanol–water partition coefficient (Wildman–Crippen LogP) is 2.08. The fraction of sp³-hybridized carbons (Fsp3) is 1.00. The molecule has 0 bridgehead atoms. The van der Waals surface area contributed by atoms with Gasteiger partial charge in [0.2, 0.25) is 0 Å². The monoisotopic (exact) mass is 266 g/mol. The van der Waals surface area contributed by atoms with Crippen molar-refractivity contribution in [3.05, 3.63) is 0 Å². The van der Waals surface area contributed by atoms with Crippen LogP contribution in [0.3, 0.4) is 0 Å². The van der Waals surface area contributed by atoms with E-state index < -0.39 is 14.6 Å². The SMILES string of the molecule is COC1(CCCS)CCC[Si](OC)(OC)O1. The Bertz CT molecular complexity index is 213. The van der Waals surface area contributed by atoms with E-state index in [2.05, 4.69) is 12.6 Å². The summed E-state index contributed by atoms with van der Waals surface area (Å²) in [6, 6.07) is 0.867. The Balaban J connectivity index is 2.70. The molecule has 1 aliphatic heterocycles. The first kappa shape index (κ1) is 14.5. The molecule has 0 spiro atoms. The van der Waals surface area contributed by atoms with Gasteiger partial charge in [0.05, 0.1) is 0 Å². The lowest BCUT2D eigenvalue weighted by Crippen LogP contribution is -2.56. The molecule has 1 unspecified atom stereocenters. The van der Waals surface area contributed by atoms with Crippen LogP contribution in [-0.2, 0) is 18.0 Å². The van der Waals surface area contributed by atoms with Crippen LogP contribution in [0.1, 0.15) is 25.7 Å². The van der Waals surface area contributed by atoms with Gasteiger partial charge in [-0.1, -0.05) is 0 Å². The largest absolute Gasteiger partial charge is 0.502 e. The fourth-order valence-electron chi connectivity index (χ4n) is 2.10. The molecule has 0 N–H and O–H groups in total. The van der Waals surface area contributed by atoms with Crippen LogP contribution >= 0.6 is 12.6 Å². The van der Waals surface area contributed by atoms with Crippen molar-refractivity contribution in [2.24, 2.45) is 0 Å². The molecule has 1 heterocycles. The quantitative estimate of drug-likeness (QED) is 0.590. The number of rotatable bonds is 6. The summed E-state index contributed by atoms with van der Waals surface area (Å²) in [7, 11) is 2.51. The zero-order valence-electron chi connectivity index (χ0n) is 10.3. The lowest BCUT2D eigenvalue weighted by atomic mass is 10.1. The van der Waals surface area contributed by atoms with E-state index in [9.17, 15) is 0 Å². The van der Waals surface area contributed by atoms with Crippen molar-refractivity contribution in [2.75, 3.05) is 27.1 Å². The third-order valence-corrected chi connectivity index (χ3v) is 6.30. The number of ether oxygens (including phenoxy) is 1. The summed E-state index contributed by atoms with van der Waals surface area (Å²) in [5.74, 6) is 0.308. The summed E-state index contributed by atoms with van der Waals surface area (Å²) < 4.78 is 22.5. The summed E-state index contributed by atoms with van der Waals surface area (Å²) in [6.45, 7) is 0. The Morgan fingerprint density at radius 3 is 2.50 bits per heavy atom. The van der Waals surface area contributed by atoms with Crippen LogP contribution in [0.25, 0.3) is 0 Å². The van der Waals surface area contributed by atoms with Crippen LogP contribution in [0.15, 0.2) is 0 Å². The number of methoxy groups -OCH3 is 1. The maximum atomic E-state index is 6.05. The summed E-state index contributed by atoms with van der Waals surface area (Å²) >= 11 is 4.22. The molecule has 0 aliphatic carbocycles. The van der Waals surface area contributed by atoms with E-state index in [1.807, 2.05) is 0 Å². The van der Waals surface area contributed by atoms with E-state index in [0.29, 0.717) is 0 Å². The van der Waals surface area contributed by atoms with Crippen molar-refractivity contribution >= 4 is 21.4 Å². The summed E-state index contributed by atoms with van der Waals surface area (Å²) in [5, 5.41) is 0. The molecular weight excluding hydrogens is 244 g/mol. The fourth-order valence-corrected chi connectivity index (χ4v) is 4.57. The Morgan fingerprint density at radius 1 is 1.31 bits per heavy atom. The van der Waals surface area contributed by atoms with Gasteiger partial charge in [-0.05, 0) is 18.6 Å². The van der Waals surface area contributed by atoms with Crippen molar-refractivity contribution in [3.8, 4) is 0 Å². The minimum Gasteiger partial charge on any atom is -0.377 e. The third kappa shape index (κ3) is 3.21. The van der Waals surface area contributed by atoms with E-state index >= 15 is 0 Å². The van der Waals surface area contributed by atoms with Crippen LogP contribution < -0.4 is 0 Å². The standard InChI is InChI=1S/C10H22O4SSi/c1-11-10(6-4-8-15)7-5-9-16(12-2,13-3)14-10/h15H,4-9H2,1-3H3. The Morgan fingerprint density at radius 2 is 2.00 bits per heavy atom. The molecule has 1 atom stereocenters. The molecule has 1 rings (SSSR count). The van der Waals surface area contributed by atoms with Gasteiger partial charge >= 0.3 is 8.80 Å². The van der Waals surface area contributed by atoms with Gasteiger partial charge in [-0.3, -0.25) is 0 Å². The minimum absolute atomic E-state index is 0.529. The predicted molar refractivity (Wildman–Crippen MR) is 67.7 cm³/mol. The molecule has 0 saturated carbocycles. The Kier molecular flexibility index (Phi) is 5.76. The van der Waals surface area contributed by atoms with E-state index in [1.165, 1.54) is 0 Å². The van der Waals surface area contributed by atoms with Gasteiger partial charge in [0.15, 0.2) is 5.79 Å². The molecule has 6 heteroatoms. The zero-order valence-corrected chi connectivity index (χ0v) is 12.2. The maximum Gasteiger partial charge on any atom is 0.502 e. The Labute approximate surface area is 104 Å². The zero-order chi connectivity index (χ0) is 12.1. The molecule has 1 aliphatic rings. The van der Waals surface area contributed by atoms with Crippen LogP contribution in [0.2, 0.25) is 6.04 Å². The molecule has 1 fully saturated rings. The average Bonchev–Trinajstić information content (AvgIpc) is 2.36. The smallest absolute Gasteiger partial charge is 0.377 e. The topological polar surface area (TPSA) is 36.9 Å². The van der Waals surface area contributed by atoms with Crippen LogP contribution in [0.5, 0.6) is 0 Å². The van der Waals surface area contributed by atoms with Gasteiger partial charge in [0.25, 0.3) is 0 Å². The van der Waals surface area contributed by atoms with E-state index in [0.717, 1.165) is 37.5 Å². The normalized spacial score (nSPS) is 29.2. The van der Waals surface area contributed by atoms with Crippen molar-refractivity contribution in [2.45, 2.75) is 37.5 Å². The second-order valence-electron chi connectivity index (χ2n) is 3.99. The molecule has 0 radical (unpaired) electrons. The maximum absolute atomic E-state index is 6.05. The van der Waals surface area contributed by atoms with E-state index in [4.69, 9.17) is 18.0 Å². The highest BCUT2D eigenvalue weighted by Crippen LogP contribution is 2.37. The van der Waals surface area contributed by atoms with Crippen LogP contribution in [-0.4, -0.2) is 41.7 Å². The molecule has 0 amide bonds. The molecule has 96 valence electrons. The molecule has 0 aromatic rings. The van der Waals surface area contributed by atoms with Crippen LogP contribution in [0, 0.1) is 0 Å². The second-order valence-corrected chi connectivity index (χ2v) is 7.32. The van der Waals surface area contributed by atoms with Gasteiger partial charge in [0, 0.05) is 40.2 Å². The van der Waals surface area contributed by atoms with Crippen molar-refractivity contribution < 1.29 is 18.0 Å². The number of hydrogen-bond donors (Lipinski definition) is 1. The van der Waals surface area contributed by atoms with Gasteiger partial charge < -0.3 is 18.0 Å². The lowest BCUT2D eigenvalue weighted by molar-refractivity contribution is -0.210. The minimum atomic E-state index is -2.49. The highest BCUT2D eigenvalue weighted by Gasteiger charge is 2.51. The first-order chi connectivity index (χ1) is 7.66. The molecular formula is C10H22O4SSi. The number of hydrogen-bond acceptors (Lipinski definition) is 5. The van der Waals surface area contributed by atoms with E-state index in [1.54, 1.807) is 21.3 Å². The first-order valence-electron chi connectivity index (χ1n) is 5.62. The Hall–Kier alpha value is 0.407. The third-order valence-electron chi connectivity index (χ3n) is 3.09. The van der Waals surface area contributed by atoms with Crippen molar-refractivity contribution in [1.82, 2.24) is 0 Å². The second kappa shape index (κ2) is 6.37. The average molecular weight is 266 g/mol. The van der Waals surface area contributed by atoms with Gasteiger partial charge in [0.1, 0.15) is 0 Å². The molecule has 0 aromatic carbocycles. The molecule has 4 nitrogen and oxygen atoms in total. The summed E-state index contributed by atoms with van der Waals surface area (Å²) in [6.07, 6.45) is 3.73. The van der Waals surface area contributed by atoms with Crippen molar-refractivity contribution in [1.29, 1.82) is 0 Å². The highest BCUT2D eigenvalue weighted by molar-refractivity contribution is 7.80. The highest BCUT2D eigenvalue weighted by atomic mass is 32.1. The van der Waals surface area contributed by atoms with E-state index in [-0.39, 0.29) is 0 Å². The number of thiol groups is 1. The summed E-state index contributed by atoms with van der Waals surface area (Å²) in [5.41, 5.74) is 0. The van der Waals surface area contributed by atoms with Crippen molar-refractivity contribution in [3.63, 3.8) is 0 Å². The first-order valence-corrected chi connectivity index (χ1v) is 8.19.